The largest absolute Gasteiger partial charge is 0.494 e. The number of benzene rings is 2. The van der Waals surface area contributed by atoms with Crippen LogP contribution in [0.4, 0.5) is 5.69 Å². The zero-order valence-electron chi connectivity index (χ0n) is 11.3. The third kappa shape index (κ3) is 4.14. The lowest BCUT2D eigenvalue weighted by atomic mass is 10.2. The molecule has 0 radical (unpaired) electrons. The number of aryl methyl sites for hydroxylation is 1. The Morgan fingerprint density at radius 1 is 1.16 bits per heavy atom. The quantitative estimate of drug-likeness (QED) is 0.649. The van der Waals surface area contributed by atoms with Gasteiger partial charge >= 0.3 is 0 Å². The van der Waals surface area contributed by atoms with Crippen LogP contribution in [0.3, 0.4) is 0 Å². The van der Waals surface area contributed by atoms with Crippen molar-refractivity contribution in [2.75, 3.05) is 12.0 Å². The fraction of sp³-hybridized carbons (Fsp3) is 0.188. The Bertz CT molecular complexity index is 547. The van der Waals surface area contributed by atoms with Crippen LogP contribution in [-0.2, 0) is 0 Å². The second-order valence-corrected chi connectivity index (χ2v) is 4.24. The van der Waals surface area contributed by atoms with Gasteiger partial charge in [0.15, 0.2) is 0 Å². The SMILES string of the molecule is CCOc1ccc(/C=N/Nc2cccc(C)c2)cc1. The van der Waals surface area contributed by atoms with Crippen molar-refractivity contribution in [1.82, 2.24) is 0 Å². The number of rotatable bonds is 5. The van der Waals surface area contributed by atoms with Gasteiger partial charge in [-0.3, -0.25) is 5.43 Å². The third-order valence-electron chi connectivity index (χ3n) is 2.62. The van der Waals surface area contributed by atoms with Gasteiger partial charge in [-0.05, 0) is 61.4 Å². The molecule has 0 saturated heterocycles. The van der Waals surface area contributed by atoms with E-state index in [1.807, 2.05) is 43.3 Å². The molecule has 0 bridgehead atoms. The van der Waals surface area contributed by atoms with Gasteiger partial charge in [0, 0.05) is 0 Å². The van der Waals surface area contributed by atoms with Crippen molar-refractivity contribution in [3.63, 3.8) is 0 Å². The van der Waals surface area contributed by atoms with Crippen LogP contribution in [0, 0.1) is 6.92 Å². The van der Waals surface area contributed by atoms with Gasteiger partial charge in [0.1, 0.15) is 5.75 Å². The lowest BCUT2D eigenvalue weighted by Crippen LogP contribution is -1.93. The van der Waals surface area contributed by atoms with E-state index in [1.165, 1.54) is 5.56 Å². The summed E-state index contributed by atoms with van der Waals surface area (Å²) in [5.74, 6) is 0.881. The summed E-state index contributed by atoms with van der Waals surface area (Å²) >= 11 is 0. The Labute approximate surface area is 113 Å². The number of hydrogen-bond donors (Lipinski definition) is 1. The van der Waals surface area contributed by atoms with Crippen LogP contribution < -0.4 is 10.2 Å². The fourth-order valence-electron chi connectivity index (χ4n) is 1.71. The van der Waals surface area contributed by atoms with E-state index in [0.29, 0.717) is 6.61 Å². The molecule has 0 aliphatic carbocycles. The molecule has 0 spiro atoms. The molecule has 98 valence electrons. The highest BCUT2D eigenvalue weighted by Gasteiger charge is 1.92. The Balaban J connectivity index is 1.95. The van der Waals surface area contributed by atoms with Gasteiger partial charge in [0.25, 0.3) is 0 Å². The van der Waals surface area contributed by atoms with E-state index in [2.05, 4.69) is 29.6 Å². The highest BCUT2D eigenvalue weighted by Crippen LogP contribution is 2.11. The molecule has 0 amide bonds. The van der Waals surface area contributed by atoms with E-state index < -0.39 is 0 Å². The van der Waals surface area contributed by atoms with Crippen LogP contribution in [0.5, 0.6) is 5.75 Å². The van der Waals surface area contributed by atoms with Crippen molar-refractivity contribution in [2.24, 2.45) is 5.10 Å². The first kappa shape index (κ1) is 13.1. The summed E-state index contributed by atoms with van der Waals surface area (Å²) in [5, 5.41) is 4.21. The van der Waals surface area contributed by atoms with Crippen LogP contribution in [0.2, 0.25) is 0 Å². The third-order valence-corrected chi connectivity index (χ3v) is 2.62. The summed E-state index contributed by atoms with van der Waals surface area (Å²) in [7, 11) is 0. The maximum absolute atomic E-state index is 5.39. The first-order valence-electron chi connectivity index (χ1n) is 6.36. The first-order valence-corrected chi connectivity index (χ1v) is 6.36. The molecule has 0 saturated carbocycles. The topological polar surface area (TPSA) is 33.6 Å². The zero-order valence-corrected chi connectivity index (χ0v) is 11.3. The molecule has 2 aromatic carbocycles. The van der Waals surface area contributed by atoms with Gasteiger partial charge in [0.2, 0.25) is 0 Å². The average Bonchev–Trinajstić information content (AvgIpc) is 2.41. The van der Waals surface area contributed by atoms with Crippen LogP contribution in [-0.4, -0.2) is 12.8 Å². The zero-order chi connectivity index (χ0) is 13.5. The Kier molecular flexibility index (Phi) is 4.56. The highest BCUT2D eigenvalue weighted by atomic mass is 16.5. The molecule has 3 nitrogen and oxygen atoms in total. The molecular formula is C16H18N2O. The molecule has 3 heteroatoms. The summed E-state index contributed by atoms with van der Waals surface area (Å²) in [4.78, 5) is 0. The number of nitrogens with zero attached hydrogens (tertiary/aromatic N) is 1. The van der Waals surface area contributed by atoms with Crippen molar-refractivity contribution in [3.8, 4) is 5.75 Å². The Hall–Kier alpha value is -2.29. The van der Waals surface area contributed by atoms with Crippen molar-refractivity contribution in [3.05, 3.63) is 59.7 Å². The molecule has 0 unspecified atom stereocenters. The van der Waals surface area contributed by atoms with Crippen LogP contribution >= 0.6 is 0 Å². The first-order chi connectivity index (χ1) is 9.28. The number of hydrazone groups is 1. The minimum atomic E-state index is 0.683. The minimum absolute atomic E-state index is 0.683. The maximum atomic E-state index is 5.39. The van der Waals surface area contributed by atoms with Crippen molar-refractivity contribution < 1.29 is 4.74 Å². The molecule has 0 aliphatic heterocycles. The summed E-state index contributed by atoms with van der Waals surface area (Å²) < 4.78 is 5.39. The predicted molar refractivity (Wildman–Crippen MR) is 80.0 cm³/mol. The van der Waals surface area contributed by atoms with Gasteiger partial charge in [-0.25, -0.2) is 0 Å². The van der Waals surface area contributed by atoms with Gasteiger partial charge in [-0.15, -0.1) is 0 Å². The predicted octanol–water partition coefficient (Wildman–Crippen LogP) is 3.84. The van der Waals surface area contributed by atoms with Crippen molar-refractivity contribution >= 4 is 11.9 Å². The standard InChI is InChI=1S/C16H18N2O/c1-3-19-16-9-7-14(8-10-16)12-17-18-15-6-4-5-13(2)11-15/h4-12,18H,3H2,1-2H3/b17-12+. The van der Waals surface area contributed by atoms with Crippen molar-refractivity contribution in [1.29, 1.82) is 0 Å². The second-order valence-electron chi connectivity index (χ2n) is 4.24. The van der Waals surface area contributed by atoms with Gasteiger partial charge in [-0.2, -0.15) is 5.10 Å². The number of anilines is 1. The van der Waals surface area contributed by atoms with Crippen LogP contribution in [0.15, 0.2) is 53.6 Å². The summed E-state index contributed by atoms with van der Waals surface area (Å²) in [6.45, 7) is 4.71. The summed E-state index contributed by atoms with van der Waals surface area (Å²) in [6, 6.07) is 15.9. The van der Waals surface area contributed by atoms with E-state index in [4.69, 9.17) is 4.74 Å². The smallest absolute Gasteiger partial charge is 0.119 e. The minimum Gasteiger partial charge on any atom is -0.494 e. The van der Waals surface area contributed by atoms with Gasteiger partial charge in [-0.1, -0.05) is 12.1 Å². The fourth-order valence-corrected chi connectivity index (χ4v) is 1.71. The summed E-state index contributed by atoms with van der Waals surface area (Å²) in [6.07, 6.45) is 1.79. The Morgan fingerprint density at radius 2 is 1.95 bits per heavy atom. The van der Waals surface area contributed by atoms with E-state index in [-0.39, 0.29) is 0 Å². The molecule has 0 atom stereocenters. The summed E-state index contributed by atoms with van der Waals surface area (Å²) in [5.41, 5.74) is 6.24. The number of ether oxygens (including phenoxy) is 1. The van der Waals surface area contributed by atoms with E-state index in [9.17, 15) is 0 Å². The highest BCUT2D eigenvalue weighted by molar-refractivity contribution is 5.80. The second kappa shape index (κ2) is 6.59. The molecule has 0 heterocycles. The number of nitrogens with one attached hydrogen (secondary N) is 1. The van der Waals surface area contributed by atoms with Crippen LogP contribution in [0.1, 0.15) is 18.1 Å². The molecule has 0 fully saturated rings. The van der Waals surface area contributed by atoms with Crippen molar-refractivity contribution in [2.45, 2.75) is 13.8 Å². The molecule has 0 aliphatic rings. The van der Waals surface area contributed by atoms with E-state index in [1.54, 1.807) is 6.21 Å². The molecule has 0 aromatic heterocycles. The number of hydrogen-bond acceptors (Lipinski definition) is 3. The lowest BCUT2D eigenvalue weighted by Gasteiger charge is -2.03. The molecule has 1 N–H and O–H groups in total. The van der Waals surface area contributed by atoms with E-state index >= 15 is 0 Å². The van der Waals surface area contributed by atoms with E-state index in [0.717, 1.165) is 17.0 Å². The Morgan fingerprint density at radius 3 is 2.63 bits per heavy atom. The monoisotopic (exact) mass is 254 g/mol. The molecule has 2 rings (SSSR count). The van der Waals surface area contributed by atoms with Gasteiger partial charge < -0.3 is 4.74 Å². The normalized spacial score (nSPS) is 10.6. The lowest BCUT2D eigenvalue weighted by molar-refractivity contribution is 0.340. The average molecular weight is 254 g/mol. The van der Waals surface area contributed by atoms with Crippen LogP contribution in [0.25, 0.3) is 0 Å². The molecular weight excluding hydrogens is 236 g/mol. The maximum Gasteiger partial charge on any atom is 0.119 e. The van der Waals surface area contributed by atoms with Gasteiger partial charge in [0.05, 0.1) is 18.5 Å². The molecule has 2 aromatic rings. The molecule has 19 heavy (non-hydrogen) atoms.